The summed E-state index contributed by atoms with van der Waals surface area (Å²) >= 11 is 5.93. The van der Waals surface area contributed by atoms with Gasteiger partial charge in [0.2, 0.25) is 0 Å². The van der Waals surface area contributed by atoms with Gasteiger partial charge in [0.25, 0.3) is 0 Å². The highest BCUT2D eigenvalue weighted by molar-refractivity contribution is 7.84. The van der Waals surface area contributed by atoms with Crippen molar-refractivity contribution in [3.05, 3.63) is 34.6 Å². The van der Waals surface area contributed by atoms with Crippen LogP contribution in [0.5, 0.6) is 0 Å². The van der Waals surface area contributed by atoms with Crippen molar-refractivity contribution in [3.8, 4) is 0 Å². The molecule has 1 saturated heterocycles. The third-order valence-electron chi connectivity index (χ3n) is 5.16. The maximum atomic E-state index is 13.6. The predicted molar refractivity (Wildman–Crippen MR) is 105 cm³/mol. The Morgan fingerprint density at radius 3 is 2.25 bits per heavy atom. The van der Waals surface area contributed by atoms with Crippen LogP contribution in [-0.4, -0.2) is 39.2 Å². The summed E-state index contributed by atoms with van der Waals surface area (Å²) in [6.07, 6.45) is -3.24. The molecule has 2 rings (SSSR count). The Labute approximate surface area is 171 Å². The van der Waals surface area contributed by atoms with Crippen molar-refractivity contribution in [1.29, 1.82) is 0 Å². The minimum absolute atomic E-state index is 0.0334. The molecule has 0 aliphatic carbocycles. The summed E-state index contributed by atoms with van der Waals surface area (Å²) in [4.78, 5) is 1.42. The lowest BCUT2D eigenvalue weighted by Crippen LogP contribution is -2.49. The second-order valence-corrected chi connectivity index (χ2v) is 10.6. The molecule has 1 heterocycles. The standard InChI is InChI=1S/C19H27ClF4N2OS/c1-12(19(22,23)24)26-9-7-13(8-10-26)17(25-28(27)18(2,3)4)14-5-6-16(21)15(20)11-14/h5-6,11-13,17,25H,7-10H2,1-4H3/t12?,17?,28-/m0/s1. The largest absolute Gasteiger partial charge is 0.403 e. The van der Waals surface area contributed by atoms with Gasteiger partial charge in [-0.15, -0.1) is 0 Å². The maximum absolute atomic E-state index is 13.6. The number of alkyl halides is 3. The lowest BCUT2D eigenvalue weighted by Gasteiger charge is -2.40. The second kappa shape index (κ2) is 8.98. The van der Waals surface area contributed by atoms with E-state index in [0.717, 1.165) is 0 Å². The number of nitrogens with one attached hydrogen (secondary N) is 1. The van der Waals surface area contributed by atoms with Crippen LogP contribution in [0.1, 0.15) is 52.1 Å². The molecule has 1 aliphatic rings. The van der Waals surface area contributed by atoms with Crippen LogP contribution in [0, 0.1) is 11.7 Å². The van der Waals surface area contributed by atoms with Gasteiger partial charge in [-0.25, -0.2) is 13.3 Å². The first-order valence-corrected chi connectivity index (χ1v) is 10.8. The molecule has 1 fully saturated rings. The van der Waals surface area contributed by atoms with E-state index in [1.165, 1.54) is 24.0 Å². The summed E-state index contributed by atoms with van der Waals surface area (Å²) < 4.78 is 67.8. The van der Waals surface area contributed by atoms with E-state index in [9.17, 15) is 21.8 Å². The number of rotatable bonds is 5. The van der Waals surface area contributed by atoms with Crippen LogP contribution in [0.3, 0.4) is 0 Å². The Kier molecular flexibility index (Phi) is 7.56. The zero-order chi connectivity index (χ0) is 21.3. The van der Waals surface area contributed by atoms with E-state index in [2.05, 4.69) is 4.72 Å². The molecule has 1 aromatic carbocycles. The number of benzene rings is 1. The summed E-state index contributed by atoms with van der Waals surface area (Å²) in [7, 11) is -1.39. The Balaban J connectivity index is 2.21. The fourth-order valence-corrected chi connectivity index (χ4v) is 4.38. The van der Waals surface area contributed by atoms with Gasteiger partial charge >= 0.3 is 6.18 Å². The summed E-state index contributed by atoms with van der Waals surface area (Å²) in [6, 6.07) is 2.46. The van der Waals surface area contributed by atoms with E-state index < -0.39 is 33.8 Å². The van der Waals surface area contributed by atoms with Gasteiger partial charge in [0, 0.05) is 6.04 Å². The van der Waals surface area contributed by atoms with Gasteiger partial charge in [-0.05, 0) is 77.2 Å². The molecule has 0 saturated carbocycles. The van der Waals surface area contributed by atoms with E-state index in [1.54, 1.807) is 6.07 Å². The van der Waals surface area contributed by atoms with Crippen LogP contribution < -0.4 is 4.72 Å². The summed E-state index contributed by atoms with van der Waals surface area (Å²) in [5.74, 6) is -0.584. The zero-order valence-corrected chi connectivity index (χ0v) is 18.0. The average molecular weight is 443 g/mol. The highest BCUT2D eigenvalue weighted by Crippen LogP contribution is 2.36. The summed E-state index contributed by atoms with van der Waals surface area (Å²) in [6.45, 7) is 7.25. The number of piperidine rings is 1. The molecule has 3 nitrogen and oxygen atoms in total. The number of halogens is 5. The van der Waals surface area contributed by atoms with E-state index >= 15 is 0 Å². The number of hydrogen-bond donors (Lipinski definition) is 1. The third kappa shape index (κ3) is 5.90. The summed E-state index contributed by atoms with van der Waals surface area (Å²) in [5, 5.41) is -0.0334. The van der Waals surface area contributed by atoms with Crippen molar-refractivity contribution >= 4 is 22.6 Å². The maximum Gasteiger partial charge on any atom is 0.403 e. The van der Waals surface area contributed by atoms with Gasteiger partial charge in [0.15, 0.2) is 0 Å². The molecular formula is C19H27ClF4N2OS. The van der Waals surface area contributed by atoms with Crippen LogP contribution >= 0.6 is 11.6 Å². The molecular weight excluding hydrogens is 416 g/mol. The fraction of sp³-hybridized carbons (Fsp3) is 0.684. The molecule has 2 unspecified atom stereocenters. The first-order chi connectivity index (χ1) is 12.8. The van der Waals surface area contributed by atoms with E-state index in [0.29, 0.717) is 31.5 Å². The molecule has 0 bridgehead atoms. The average Bonchev–Trinajstić information content (AvgIpc) is 2.60. The smallest absolute Gasteiger partial charge is 0.292 e. The summed E-state index contributed by atoms with van der Waals surface area (Å²) in [5.41, 5.74) is 0.686. The monoisotopic (exact) mass is 442 g/mol. The van der Waals surface area contributed by atoms with E-state index in [-0.39, 0.29) is 17.0 Å². The van der Waals surface area contributed by atoms with Crippen LogP contribution in [-0.2, 0) is 11.0 Å². The van der Waals surface area contributed by atoms with E-state index in [1.807, 2.05) is 20.8 Å². The molecule has 0 aromatic heterocycles. The predicted octanol–water partition coefficient (Wildman–Crippen LogP) is 5.23. The molecule has 1 aliphatic heterocycles. The molecule has 0 amide bonds. The molecule has 3 atom stereocenters. The topological polar surface area (TPSA) is 32.3 Å². The minimum Gasteiger partial charge on any atom is -0.292 e. The van der Waals surface area contributed by atoms with Gasteiger partial charge in [-0.3, -0.25) is 4.90 Å². The van der Waals surface area contributed by atoms with Gasteiger partial charge < -0.3 is 0 Å². The van der Waals surface area contributed by atoms with Crippen molar-refractivity contribution in [1.82, 2.24) is 9.62 Å². The van der Waals surface area contributed by atoms with Crippen LogP contribution in [0.4, 0.5) is 17.6 Å². The highest BCUT2D eigenvalue weighted by atomic mass is 35.5. The lowest BCUT2D eigenvalue weighted by atomic mass is 9.85. The lowest BCUT2D eigenvalue weighted by molar-refractivity contribution is -0.182. The van der Waals surface area contributed by atoms with E-state index in [4.69, 9.17) is 11.6 Å². The number of nitrogens with zero attached hydrogens (tertiary/aromatic N) is 1. The fourth-order valence-electron chi connectivity index (χ4n) is 3.28. The molecule has 160 valence electrons. The molecule has 0 radical (unpaired) electrons. The first-order valence-electron chi connectivity index (χ1n) is 9.24. The van der Waals surface area contributed by atoms with Crippen molar-refractivity contribution < 1.29 is 21.8 Å². The normalized spacial score (nSPS) is 20.8. The first kappa shape index (κ1) is 23.6. The van der Waals surface area contributed by atoms with Crippen molar-refractivity contribution in [2.75, 3.05) is 13.1 Å². The van der Waals surface area contributed by atoms with Gasteiger partial charge in [-0.2, -0.15) is 13.2 Å². The molecule has 28 heavy (non-hydrogen) atoms. The number of likely N-dealkylation sites (tertiary alicyclic amines) is 1. The Bertz CT molecular complexity index is 700. The number of hydrogen-bond acceptors (Lipinski definition) is 2. The molecule has 9 heteroatoms. The van der Waals surface area contributed by atoms with Gasteiger partial charge in [0.1, 0.15) is 11.9 Å². The highest BCUT2D eigenvalue weighted by Gasteiger charge is 2.42. The molecule has 1 aromatic rings. The van der Waals surface area contributed by atoms with Gasteiger partial charge in [-0.1, -0.05) is 17.7 Å². The van der Waals surface area contributed by atoms with Crippen LogP contribution in [0.2, 0.25) is 5.02 Å². The molecule has 1 N–H and O–H groups in total. The Morgan fingerprint density at radius 1 is 1.21 bits per heavy atom. The Morgan fingerprint density at radius 2 is 1.79 bits per heavy atom. The van der Waals surface area contributed by atoms with Gasteiger partial charge in [0.05, 0.1) is 20.8 Å². The minimum atomic E-state index is -4.26. The second-order valence-electron chi connectivity index (χ2n) is 8.24. The zero-order valence-electron chi connectivity index (χ0n) is 16.4. The van der Waals surface area contributed by atoms with Crippen LogP contribution in [0.15, 0.2) is 18.2 Å². The molecule has 0 spiro atoms. The van der Waals surface area contributed by atoms with Crippen molar-refractivity contribution in [2.24, 2.45) is 5.92 Å². The Hall–Kier alpha value is -0.700. The van der Waals surface area contributed by atoms with Crippen molar-refractivity contribution in [2.45, 2.75) is 63.5 Å². The van der Waals surface area contributed by atoms with Crippen molar-refractivity contribution in [3.63, 3.8) is 0 Å². The third-order valence-corrected chi connectivity index (χ3v) is 7.03. The quantitative estimate of drug-likeness (QED) is 0.633. The van der Waals surface area contributed by atoms with Crippen LogP contribution in [0.25, 0.3) is 0 Å². The SMILES string of the molecule is CC(N1CCC(C(N[S@@](=O)C(C)(C)C)c2ccc(F)c(Cl)c2)CC1)C(F)(F)F.